The lowest BCUT2D eigenvalue weighted by molar-refractivity contribution is 0.370. The highest BCUT2D eigenvalue weighted by Crippen LogP contribution is 1.85. The molecule has 0 aliphatic heterocycles. The molecule has 0 saturated carbocycles. The molecule has 0 spiro atoms. The van der Waals surface area contributed by atoms with Crippen LogP contribution in [0.1, 0.15) is 20.3 Å². The highest BCUT2D eigenvalue weighted by molar-refractivity contribution is 4.79. The fourth-order valence-corrected chi connectivity index (χ4v) is 0.758. The highest BCUT2D eigenvalue weighted by Gasteiger charge is 1.89. The van der Waals surface area contributed by atoms with Crippen molar-refractivity contribution in [3.05, 3.63) is 12.2 Å². The van der Waals surface area contributed by atoms with Gasteiger partial charge in [-0.15, -0.1) is 0 Å². The molecule has 0 amide bonds. The minimum absolute atomic E-state index is 1.09. The molecule has 0 aromatic rings. The topological polar surface area (TPSA) is 3.24 Å². The first-order valence-corrected chi connectivity index (χ1v) is 3.61. The van der Waals surface area contributed by atoms with Gasteiger partial charge in [0.25, 0.3) is 0 Å². The second kappa shape index (κ2) is 5.83. The Bertz CT molecular complexity index is 76.6. The van der Waals surface area contributed by atoms with Gasteiger partial charge in [-0.1, -0.05) is 19.1 Å². The van der Waals surface area contributed by atoms with E-state index in [0.717, 1.165) is 6.54 Å². The van der Waals surface area contributed by atoms with Crippen LogP contribution in [-0.4, -0.2) is 25.0 Å². The molecule has 0 unspecified atom stereocenters. The summed E-state index contributed by atoms with van der Waals surface area (Å²) in [6, 6.07) is 0. The van der Waals surface area contributed by atoms with Gasteiger partial charge in [0.1, 0.15) is 0 Å². The maximum absolute atomic E-state index is 2.31. The van der Waals surface area contributed by atoms with E-state index in [2.05, 4.69) is 37.9 Å². The van der Waals surface area contributed by atoms with Gasteiger partial charge in [-0.3, -0.25) is 0 Å². The monoisotopic (exact) mass is 127 g/mol. The van der Waals surface area contributed by atoms with Crippen molar-refractivity contribution in [1.29, 1.82) is 0 Å². The molecule has 0 heterocycles. The summed E-state index contributed by atoms with van der Waals surface area (Å²) in [7, 11) is 2.14. The summed E-state index contributed by atoms with van der Waals surface area (Å²) in [6.45, 7) is 6.54. The van der Waals surface area contributed by atoms with Crippen LogP contribution in [0.5, 0.6) is 0 Å². The molecular weight excluding hydrogens is 110 g/mol. The Labute approximate surface area is 58.4 Å². The number of allylic oxidation sites excluding steroid dienone is 1. The van der Waals surface area contributed by atoms with Crippen LogP contribution in [0.25, 0.3) is 0 Å². The minimum Gasteiger partial charge on any atom is -0.303 e. The summed E-state index contributed by atoms with van der Waals surface area (Å²) >= 11 is 0. The van der Waals surface area contributed by atoms with Crippen LogP contribution in [0.3, 0.4) is 0 Å². The molecule has 9 heavy (non-hydrogen) atoms. The highest BCUT2D eigenvalue weighted by atomic mass is 15.1. The van der Waals surface area contributed by atoms with Gasteiger partial charge in [-0.05, 0) is 26.9 Å². The van der Waals surface area contributed by atoms with E-state index in [-0.39, 0.29) is 0 Å². The molecule has 0 fully saturated rings. The van der Waals surface area contributed by atoms with Gasteiger partial charge in [0.15, 0.2) is 0 Å². The summed E-state index contributed by atoms with van der Waals surface area (Å²) < 4.78 is 0. The van der Waals surface area contributed by atoms with E-state index >= 15 is 0 Å². The van der Waals surface area contributed by atoms with Crippen molar-refractivity contribution in [2.24, 2.45) is 0 Å². The van der Waals surface area contributed by atoms with Gasteiger partial charge in [-0.25, -0.2) is 0 Å². The maximum Gasteiger partial charge on any atom is 0.0160 e. The lowest BCUT2D eigenvalue weighted by Crippen LogP contribution is -2.18. The van der Waals surface area contributed by atoms with Gasteiger partial charge in [0.2, 0.25) is 0 Å². The molecule has 1 nitrogen and oxygen atoms in total. The fraction of sp³-hybridized carbons (Fsp3) is 0.750. The third-order valence-corrected chi connectivity index (χ3v) is 1.26. The van der Waals surface area contributed by atoms with Crippen LogP contribution in [0.4, 0.5) is 0 Å². The molecular formula is C8H17N. The first-order valence-electron chi connectivity index (χ1n) is 3.61. The van der Waals surface area contributed by atoms with Crippen molar-refractivity contribution in [3.8, 4) is 0 Å². The Kier molecular flexibility index (Phi) is 5.64. The molecule has 1 heteroatoms. The van der Waals surface area contributed by atoms with E-state index in [9.17, 15) is 0 Å². The SMILES string of the molecule is C/C=C/CN(C)CCC. The van der Waals surface area contributed by atoms with Crippen LogP contribution < -0.4 is 0 Å². The first kappa shape index (κ1) is 8.70. The lowest BCUT2D eigenvalue weighted by atomic mass is 10.4. The molecule has 54 valence electrons. The third kappa shape index (κ3) is 5.57. The smallest absolute Gasteiger partial charge is 0.0160 e. The fourth-order valence-electron chi connectivity index (χ4n) is 0.758. The van der Waals surface area contributed by atoms with E-state index in [0.29, 0.717) is 0 Å². The lowest BCUT2D eigenvalue weighted by Gasteiger charge is -2.11. The van der Waals surface area contributed by atoms with Gasteiger partial charge in [0.05, 0.1) is 0 Å². The molecule has 0 atom stereocenters. The van der Waals surface area contributed by atoms with Crippen molar-refractivity contribution in [3.63, 3.8) is 0 Å². The van der Waals surface area contributed by atoms with Gasteiger partial charge in [0, 0.05) is 6.54 Å². The van der Waals surface area contributed by atoms with Gasteiger partial charge >= 0.3 is 0 Å². The van der Waals surface area contributed by atoms with Crippen LogP contribution in [-0.2, 0) is 0 Å². The maximum atomic E-state index is 2.31. The number of hydrogen-bond acceptors (Lipinski definition) is 1. The van der Waals surface area contributed by atoms with Gasteiger partial charge in [-0.2, -0.15) is 0 Å². The summed E-state index contributed by atoms with van der Waals surface area (Å²) in [5, 5.41) is 0. The summed E-state index contributed by atoms with van der Waals surface area (Å²) in [5.74, 6) is 0. The molecule has 0 aromatic heterocycles. The summed E-state index contributed by atoms with van der Waals surface area (Å²) in [6.07, 6.45) is 5.51. The van der Waals surface area contributed by atoms with E-state index in [1.54, 1.807) is 0 Å². The van der Waals surface area contributed by atoms with Crippen LogP contribution in [0, 0.1) is 0 Å². The molecule has 0 aliphatic carbocycles. The number of likely N-dealkylation sites (N-methyl/N-ethyl adjacent to an activating group) is 1. The Hall–Kier alpha value is -0.300. The van der Waals surface area contributed by atoms with Crippen molar-refractivity contribution in [1.82, 2.24) is 4.90 Å². The molecule has 0 aromatic carbocycles. The standard InChI is InChI=1S/C8H17N/c1-4-6-8-9(3)7-5-2/h4,6H,5,7-8H2,1-3H3/b6-4+. The molecule has 0 N–H and O–H groups in total. The quantitative estimate of drug-likeness (QED) is 0.521. The van der Waals surface area contributed by atoms with E-state index < -0.39 is 0 Å². The zero-order valence-corrected chi connectivity index (χ0v) is 6.72. The first-order chi connectivity index (χ1) is 4.31. The van der Waals surface area contributed by atoms with E-state index in [1.807, 2.05) is 0 Å². The normalized spacial score (nSPS) is 11.6. The summed E-state index contributed by atoms with van der Waals surface area (Å²) in [4.78, 5) is 2.31. The average Bonchev–Trinajstić information content (AvgIpc) is 1.85. The zero-order chi connectivity index (χ0) is 7.11. The predicted octanol–water partition coefficient (Wildman–Crippen LogP) is 1.90. The van der Waals surface area contributed by atoms with Crippen LogP contribution >= 0.6 is 0 Å². The Balaban J connectivity index is 3.15. The number of rotatable bonds is 4. The van der Waals surface area contributed by atoms with Crippen molar-refractivity contribution in [2.75, 3.05) is 20.1 Å². The molecule has 0 radical (unpaired) electrons. The van der Waals surface area contributed by atoms with Crippen molar-refractivity contribution >= 4 is 0 Å². The van der Waals surface area contributed by atoms with E-state index in [4.69, 9.17) is 0 Å². The third-order valence-electron chi connectivity index (χ3n) is 1.26. The molecule has 0 saturated heterocycles. The number of nitrogens with zero attached hydrogens (tertiary/aromatic N) is 1. The molecule has 0 rings (SSSR count). The Morgan fingerprint density at radius 3 is 2.56 bits per heavy atom. The minimum atomic E-state index is 1.09. The van der Waals surface area contributed by atoms with Crippen molar-refractivity contribution in [2.45, 2.75) is 20.3 Å². The zero-order valence-electron chi connectivity index (χ0n) is 6.72. The van der Waals surface area contributed by atoms with Crippen LogP contribution in [0.2, 0.25) is 0 Å². The Morgan fingerprint density at radius 1 is 1.44 bits per heavy atom. The van der Waals surface area contributed by atoms with Gasteiger partial charge < -0.3 is 4.90 Å². The second-order valence-corrected chi connectivity index (χ2v) is 2.33. The predicted molar refractivity (Wildman–Crippen MR) is 42.6 cm³/mol. The Morgan fingerprint density at radius 2 is 2.11 bits per heavy atom. The largest absolute Gasteiger partial charge is 0.303 e. The average molecular weight is 127 g/mol. The molecule has 0 aliphatic rings. The van der Waals surface area contributed by atoms with Crippen molar-refractivity contribution < 1.29 is 0 Å². The molecule has 0 bridgehead atoms. The van der Waals surface area contributed by atoms with Crippen LogP contribution in [0.15, 0.2) is 12.2 Å². The summed E-state index contributed by atoms with van der Waals surface area (Å²) in [5.41, 5.74) is 0. The van der Waals surface area contributed by atoms with E-state index in [1.165, 1.54) is 13.0 Å². The second-order valence-electron chi connectivity index (χ2n) is 2.33. The number of hydrogen-bond donors (Lipinski definition) is 0.